The molecule has 0 radical (unpaired) electrons. The predicted octanol–water partition coefficient (Wildman–Crippen LogP) is 3.15. The van der Waals surface area contributed by atoms with Crippen molar-refractivity contribution in [2.75, 3.05) is 23.3 Å². The minimum absolute atomic E-state index is 0.00620. The number of Topliss-reactive ketones (excluding diaryl/α,β-unsaturated/α-hetero) is 1. The third-order valence-electron chi connectivity index (χ3n) is 4.66. The van der Waals surface area contributed by atoms with Crippen molar-refractivity contribution in [3.63, 3.8) is 0 Å². The molecule has 2 aromatic rings. The lowest BCUT2D eigenvalue weighted by Gasteiger charge is -2.31. The van der Waals surface area contributed by atoms with Gasteiger partial charge in [0.2, 0.25) is 11.9 Å². The van der Waals surface area contributed by atoms with Crippen LogP contribution in [0, 0.1) is 19.8 Å². The average Bonchev–Trinajstić information content (AvgIpc) is 2.61. The molecule has 26 heavy (non-hydrogen) atoms. The van der Waals surface area contributed by atoms with E-state index < -0.39 is 0 Å². The van der Waals surface area contributed by atoms with Crippen LogP contribution in [0.3, 0.4) is 0 Å². The van der Waals surface area contributed by atoms with Crippen LogP contribution in [-0.2, 0) is 4.79 Å². The van der Waals surface area contributed by atoms with E-state index in [-0.39, 0.29) is 17.6 Å². The molecule has 6 heteroatoms. The molecule has 0 bridgehead atoms. The Morgan fingerprint density at radius 3 is 2.35 bits per heavy atom. The van der Waals surface area contributed by atoms with Gasteiger partial charge in [0.05, 0.1) is 0 Å². The Bertz CT molecular complexity index is 806. The monoisotopic (exact) mass is 352 g/mol. The fraction of sp³-hybridized carbons (Fsp3) is 0.400. The molecule has 1 fully saturated rings. The summed E-state index contributed by atoms with van der Waals surface area (Å²) in [4.78, 5) is 35.2. The van der Waals surface area contributed by atoms with E-state index in [1.807, 2.05) is 26.0 Å². The molecule has 1 aromatic carbocycles. The van der Waals surface area contributed by atoms with Gasteiger partial charge >= 0.3 is 0 Å². The molecule has 1 saturated heterocycles. The number of rotatable bonds is 4. The van der Waals surface area contributed by atoms with Crippen molar-refractivity contribution in [3.05, 3.63) is 47.3 Å². The molecule has 1 aliphatic heterocycles. The number of piperidine rings is 1. The second kappa shape index (κ2) is 7.64. The van der Waals surface area contributed by atoms with E-state index in [1.54, 1.807) is 18.2 Å². The first kappa shape index (κ1) is 18.0. The van der Waals surface area contributed by atoms with E-state index in [1.165, 1.54) is 6.92 Å². The number of hydrogen-bond acceptors (Lipinski definition) is 5. The van der Waals surface area contributed by atoms with E-state index >= 15 is 0 Å². The summed E-state index contributed by atoms with van der Waals surface area (Å²) in [5.74, 6) is 0.697. The fourth-order valence-corrected chi connectivity index (χ4v) is 3.25. The third-order valence-corrected chi connectivity index (χ3v) is 4.66. The zero-order valence-corrected chi connectivity index (χ0v) is 15.5. The Morgan fingerprint density at radius 2 is 1.73 bits per heavy atom. The molecule has 0 unspecified atom stereocenters. The van der Waals surface area contributed by atoms with Crippen LogP contribution in [-0.4, -0.2) is 34.7 Å². The zero-order chi connectivity index (χ0) is 18.7. The lowest BCUT2D eigenvalue weighted by atomic mass is 9.96. The van der Waals surface area contributed by atoms with E-state index in [4.69, 9.17) is 0 Å². The number of benzene rings is 1. The molecule has 0 spiro atoms. The van der Waals surface area contributed by atoms with Crippen molar-refractivity contribution in [1.82, 2.24) is 9.97 Å². The van der Waals surface area contributed by atoms with Crippen LogP contribution < -0.4 is 10.2 Å². The molecular weight excluding hydrogens is 328 g/mol. The van der Waals surface area contributed by atoms with Gasteiger partial charge in [-0.3, -0.25) is 9.59 Å². The maximum atomic E-state index is 12.6. The molecule has 1 aromatic heterocycles. The van der Waals surface area contributed by atoms with Crippen LogP contribution in [0.15, 0.2) is 30.3 Å². The summed E-state index contributed by atoms with van der Waals surface area (Å²) in [6.45, 7) is 6.97. The predicted molar refractivity (Wildman–Crippen MR) is 102 cm³/mol. The Balaban J connectivity index is 1.60. The van der Waals surface area contributed by atoms with Gasteiger partial charge in [-0.25, -0.2) is 9.97 Å². The van der Waals surface area contributed by atoms with Crippen LogP contribution in [0.1, 0.15) is 41.5 Å². The van der Waals surface area contributed by atoms with Crippen LogP contribution in [0.25, 0.3) is 0 Å². The van der Waals surface area contributed by atoms with Gasteiger partial charge in [-0.15, -0.1) is 0 Å². The highest BCUT2D eigenvalue weighted by Crippen LogP contribution is 2.23. The number of carbonyl (C=O) groups is 2. The average molecular weight is 352 g/mol. The van der Waals surface area contributed by atoms with Crippen molar-refractivity contribution in [2.45, 2.75) is 33.6 Å². The standard InChI is InChI=1S/C20H24N4O2/c1-13-11-14(2)22-20(21-13)24-9-7-16(8-10-24)19(26)23-18-6-4-5-17(12-18)15(3)25/h4-6,11-12,16H,7-10H2,1-3H3,(H,23,26). The molecule has 1 N–H and O–H groups in total. The Hall–Kier alpha value is -2.76. The summed E-state index contributed by atoms with van der Waals surface area (Å²) < 4.78 is 0. The molecule has 3 rings (SSSR count). The van der Waals surface area contributed by atoms with E-state index in [0.717, 1.165) is 43.3 Å². The highest BCUT2D eigenvalue weighted by Gasteiger charge is 2.26. The largest absolute Gasteiger partial charge is 0.341 e. The Kier molecular flexibility index (Phi) is 5.30. The van der Waals surface area contributed by atoms with Gasteiger partial charge < -0.3 is 10.2 Å². The first-order chi connectivity index (χ1) is 12.4. The summed E-state index contributed by atoms with van der Waals surface area (Å²) in [7, 11) is 0. The van der Waals surface area contributed by atoms with Crippen LogP contribution in [0.5, 0.6) is 0 Å². The normalized spacial score (nSPS) is 15.0. The van der Waals surface area contributed by atoms with Crippen molar-refractivity contribution >= 4 is 23.3 Å². The smallest absolute Gasteiger partial charge is 0.227 e. The van der Waals surface area contributed by atoms with E-state index in [9.17, 15) is 9.59 Å². The molecule has 2 heterocycles. The second-order valence-corrected chi connectivity index (χ2v) is 6.84. The molecule has 0 atom stereocenters. The lowest BCUT2D eigenvalue weighted by Crippen LogP contribution is -2.39. The second-order valence-electron chi connectivity index (χ2n) is 6.84. The maximum Gasteiger partial charge on any atom is 0.227 e. The molecule has 0 aliphatic carbocycles. The molecular formula is C20H24N4O2. The summed E-state index contributed by atoms with van der Waals surface area (Å²) in [5, 5.41) is 2.94. The highest BCUT2D eigenvalue weighted by molar-refractivity contribution is 5.97. The van der Waals surface area contributed by atoms with Crippen molar-refractivity contribution < 1.29 is 9.59 Å². The first-order valence-corrected chi connectivity index (χ1v) is 8.91. The minimum atomic E-state index is -0.0434. The van der Waals surface area contributed by atoms with Gasteiger partial charge in [0.25, 0.3) is 0 Å². The molecule has 0 saturated carbocycles. The molecule has 136 valence electrons. The van der Waals surface area contributed by atoms with Crippen molar-refractivity contribution in [2.24, 2.45) is 5.92 Å². The van der Waals surface area contributed by atoms with Gasteiger partial charge in [0.15, 0.2) is 5.78 Å². The van der Waals surface area contributed by atoms with Crippen molar-refractivity contribution in [1.29, 1.82) is 0 Å². The molecule has 1 aliphatic rings. The SMILES string of the molecule is CC(=O)c1cccc(NC(=O)C2CCN(c3nc(C)cc(C)n3)CC2)c1. The topological polar surface area (TPSA) is 75.2 Å². The number of nitrogens with zero attached hydrogens (tertiary/aromatic N) is 3. The minimum Gasteiger partial charge on any atom is -0.341 e. The first-order valence-electron chi connectivity index (χ1n) is 8.91. The van der Waals surface area contributed by atoms with Crippen LogP contribution >= 0.6 is 0 Å². The number of anilines is 2. The van der Waals surface area contributed by atoms with Gasteiger partial charge in [0, 0.05) is 41.6 Å². The lowest BCUT2D eigenvalue weighted by molar-refractivity contribution is -0.120. The Labute approximate surface area is 153 Å². The van der Waals surface area contributed by atoms with Crippen LogP contribution in [0.2, 0.25) is 0 Å². The summed E-state index contributed by atoms with van der Waals surface area (Å²) in [6, 6.07) is 9.02. The third kappa shape index (κ3) is 4.25. The number of aromatic nitrogens is 2. The zero-order valence-electron chi connectivity index (χ0n) is 15.5. The van der Waals surface area contributed by atoms with Gasteiger partial charge in [-0.05, 0) is 51.8 Å². The molecule has 1 amide bonds. The number of amides is 1. The summed E-state index contributed by atoms with van der Waals surface area (Å²) in [5.41, 5.74) is 3.18. The van der Waals surface area contributed by atoms with Crippen molar-refractivity contribution in [3.8, 4) is 0 Å². The molecule has 6 nitrogen and oxygen atoms in total. The number of carbonyl (C=O) groups excluding carboxylic acids is 2. The van der Waals surface area contributed by atoms with Gasteiger partial charge in [-0.2, -0.15) is 0 Å². The maximum absolute atomic E-state index is 12.6. The summed E-state index contributed by atoms with van der Waals surface area (Å²) >= 11 is 0. The van der Waals surface area contributed by atoms with Gasteiger partial charge in [-0.1, -0.05) is 12.1 Å². The number of hydrogen-bond donors (Lipinski definition) is 1. The fourth-order valence-electron chi connectivity index (χ4n) is 3.25. The number of nitrogens with one attached hydrogen (secondary N) is 1. The highest BCUT2D eigenvalue weighted by atomic mass is 16.2. The van der Waals surface area contributed by atoms with E-state index in [0.29, 0.717) is 11.3 Å². The summed E-state index contributed by atoms with van der Waals surface area (Å²) in [6.07, 6.45) is 1.52. The quantitative estimate of drug-likeness (QED) is 0.856. The van der Waals surface area contributed by atoms with E-state index in [2.05, 4.69) is 20.2 Å². The van der Waals surface area contributed by atoms with Gasteiger partial charge in [0.1, 0.15) is 0 Å². The number of aryl methyl sites for hydroxylation is 2. The Morgan fingerprint density at radius 1 is 1.08 bits per heavy atom. The van der Waals surface area contributed by atoms with Crippen LogP contribution in [0.4, 0.5) is 11.6 Å². The number of ketones is 1.